The fraction of sp³-hybridized carbons (Fsp3) is 0.429. The fourth-order valence-corrected chi connectivity index (χ4v) is 6.65. The van der Waals surface area contributed by atoms with Crippen LogP contribution < -0.4 is 11.1 Å². The van der Waals surface area contributed by atoms with Crippen molar-refractivity contribution >= 4 is 34.8 Å². The van der Waals surface area contributed by atoms with Gasteiger partial charge in [0.2, 0.25) is 11.7 Å². The van der Waals surface area contributed by atoms with Crippen LogP contribution in [0, 0.1) is 18.8 Å². The zero-order chi connectivity index (χ0) is 30.8. The summed E-state index contributed by atoms with van der Waals surface area (Å²) >= 11 is 0. The minimum atomic E-state index is -2.73. The molecule has 0 saturated heterocycles. The fourth-order valence-electron chi connectivity index (χ4n) is 6.65. The highest BCUT2D eigenvalue weighted by molar-refractivity contribution is 6.24. The van der Waals surface area contributed by atoms with Crippen molar-refractivity contribution in [3.05, 3.63) is 52.3 Å². The number of amides is 2. The van der Waals surface area contributed by atoms with Crippen LogP contribution in [0.3, 0.4) is 0 Å². The van der Waals surface area contributed by atoms with Crippen LogP contribution in [0.5, 0.6) is 5.75 Å². The van der Waals surface area contributed by atoms with E-state index in [1.807, 2.05) is 0 Å². The lowest BCUT2D eigenvalue weighted by Crippen LogP contribution is -2.65. The second kappa shape index (κ2) is 10.1. The number of aromatic hydroxyl groups is 1. The maximum atomic E-state index is 13.9. The van der Waals surface area contributed by atoms with Gasteiger partial charge >= 0.3 is 0 Å². The van der Waals surface area contributed by atoms with Gasteiger partial charge in [-0.3, -0.25) is 24.1 Å². The second-order valence-corrected chi connectivity index (χ2v) is 11.2. The number of aliphatic hydroxyl groups excluding tert-OH is 2. The molecule has 1 saturated carbocycles. The summed E-state index contributed by atoms with van der Waals surface area (Å²) in [4.78, 5) is 53.8. The Bertz CT molecular complexity index is 1610. The molecule has 1 aromatic carbocycles. The number of rotatable bonds is 6. The number of primary amides is 1. The molecule has 0 spiro atoms. The summed E-state index contributed by atoms with van der Waals surface area (Å²) in [6.45, 7) is 3.49. The van der Waals surface area contributed by atoms with Crippen LogP contribution in [0.15, 0.2) is 35.4 Å². The third-order valence-electron chi connectivity index (χ3n) is 8.63. The van der Waals surface area contributed by atoms with Gasteiger partial charge in [0, 0.05) is 11.5 Å². The molecule has 3 aliphatic rings. The molecule has 5 atom stereocenters. The van der Waals surface area contributed by atoms with Crippen molar-refractivity contribution in [2.45, 2.75) is 50.8 Å². The molecule has 7 N–H and O–H groups in total. The van der Waals surface area contributed by atoms with Crippen LogP contribution in [-0.2, 0) is 25.6 Å². The average molecular weight is 581 g/mol. The summed E-state index contributed by atoms with van der Waals surface area (Å²) in [5.41, 5.74) is 1.81. The minimum Gasteiger partial charge on any atom is -0.508 e. The standard InChI is InChI=1S/C28H32N6O8/c1-5-16(34-10-30-32-11(34)2)27(41)31-15-7-6-12-8-13-9-14-20(33(3)4)23(37)19(26(29)40)25(39)28(14,42)24(38)18(13)22(36)17(12)21(15)35/h6-7,10,13-14,16,20,35-36,39,42H,5,8-9H2,1-4H3,(H2,29,40)(H,31,41)/t13?,14?,16?,20-,28-/m0/s1. The first kappa shape index (κ1) is 29.0. The Balaban J connectivity index is 1.58. The van der Waals surface area contributed by atoms with E-state index < -0.39 is 75.7 Å². The number of aromatic nitrogens is 3. The Morgan fingerprint density at radius 3 is 2.50 bits per heavy atom. The molecule has 222 valence electrons. The van der Waals surface area contributed by atoms with Crippen molar-refractivity contribution in [3.8, 4) is 5.75 Å². The Kier molecular flexibility index (Phi) is 6.94. The number of Topliss-reactive ketones (excluding diaryl/α,β-unsaturated/α-hetero) is 2. The number of nitrogens with two attached hydrogens (primary N) is 1. The lowest BCUT2D eigenvalue weighted by atomic mass is 9.57. The number of benzene rings is 1. The van der Waals surface area contributed by atoms with Gasteiger partial charge in [-0.05, 0) is 57.8 Å². The van der Waals surface area contributed by atoms with Gasteiger partial charge in [-0.25, -0.2) is 0 Å². The average Bonchev–Trinajstić information content (AvgIpc) is 3.33. The molecule has 42 heavy (non-hydrogen) atoms. The first-order valence-electron chi connectivity index (χ1n) is 13.4. The third-order valence-corrected chi connectivity index (χ3v) is 8.63. The quantitative estimate of drug-likeness (QED) is 0.203. The van der Waals surface area contributed by atoms with E-state index >= 15 is 0 Å². The molecule has 5 rings (SSSR count). The number of carbonyl (C=O) groups excluding carboxylic acids is 4. The number of fused-ring (bicyclic) bond motifs is 3. The van der Waals surface area contributed by atoms with Crippen LogP contribution in [0.1, 0.15) is 42.8 Å². The van der Waals surface area contributed by atoms with Gasteiger partial charge in [0.05, 0.1) is 17.3 Å². The number of nitrogens with one attached hydrogen (secondary N) is 1. The lowest BCUT2D eigenvalue weighted by molar-refractivity contribution is -0.153. The predicted octanol–water partition coefficient (Wildman–Crippen LogP) is 0.454. The molecule has 14 nitrogen and oxygen atoms in total. The molecule has 2 amide bonds. The van der Waals surface area contributed by atoms with Crippen molar-refractivity contribution in [3.63, 3.8) is 0 Å². The highest BCUT2D eigenvalue weighted by Gasteiger charge is 2.64. The van der Waals surface area contributed by atoms with E-state index in [9.17, 15) is 39.6 Å². The Morgan fingerprint density at radius 2 is 1.93 bits per heavy atom. The zero-order valence-electron chi connectivity index (χ0n) is 23.5. The lowest BCUT2D eigenvalue weighted by Gasteiger charge is -2.50. The molecule has 1 heterocycles. The van der Waals surface area contributed by atoms with E-state index in [0.717, 1.165) is 0 Å². The van der Waals surface area contributed by atoms with Gasteiger partial charge in [0.1, 0.15) is 41.0 Å². The Hall–Kier alpha value is -4.56. The molecule has 0 aliphatic heterocycles. The molecule has 1 aromatic heterocycles. The normalized spacial score (nSPS) is 26.1. The molecule has 0 bridgehead atoms. The van der Waals surface area contributed by atoms with Gasteiger partial charge in [-0.15, -0.1) is 10.2 Å². The Morgan fingerprint density at radius 1 is 1.24 bits per heavy atom. The molecule has 1 fully saturated rings. The number of aliphatic hydroxyl groups is 3. The molecular weight excluding hydrogens is 548 g/mol. The van der Waals surface area contributed by atoms with Crippen LogP contribution in [0.2, 0.25) is 0 Å². The number of likely N-dealkylation sites (N-methyl/N-ethyl adjacent to an activating group) is 1. The number of hydrogen-bond acceptors (Lipinski definition) is 11. The molecule has 3 unspecified atom stereocenters. The van der Waals surface area contributed by atoms with Crippen molar-refractivity contribution < 1.29 is 39.6 Å². The summed E-state index contributed by atoms with van der Waals surface area (Å²) in [7, 11) is 3.07. The smallest absolute Gasteiger partial charge is 0.255 e. The number of ketones is 2. The van der Waals surface area contributed by atoms with E-state index in [2.05, 4.69) is 15.5 Å². The third kappa shape index (κ3) is 4.01. The first-order valence-corrected chi connectivity index (χ1v) is 13.4. The molecule has 2 aromatic rings. The van der Waals surface area contributed by atoms with E-state index in [-0.39, 0.29) is 29.7 Å². The summed E-state index contributed by atoms with van der Waals surface area (Å²) in [6, 6.07) is 1.24. The highest BCUT2D eigenvalue weighted by Crippen LogP contribution is 2.53. The molecule has 0 radical (unpaired) electrons. The van der Waals surface area contributed by atoms with Crippen molar-refractivity contribution in [2.24, 2.45) is 17.6 Å². The van der Waals surface area contributed by atoms with Gasteiger partial charge < -0.3 is 36.0 Å². The van der Waals surface area contributed by atoms with Crippen LogP contribution >= 0.6 is 0 Å². The predicted molar refractivity (Wildman–Crippen MR) is 147 cm³/mol. The largest absolute Gasteiger partial charge is 0.508 e. The number of phenolic OH excluding ortho intramolecular Hbond substituents is 1. The number of nitrogens with zero attached hydrogens (tertiary/aromatic N) is 4. The van der Waals surface area contributed by atoms with Crippen molar-refractivity contribution in [2.75, 3.05) is 19.4 Å². The molecule has 3 aliphatic carbocycles. The zero-order valence-corrected chi connectivity index (χ0v) is 23.5. The number of carbonyl (C=O) groups is 4. The SMILES string of the molecule is CCC(C(=O)Nc1ccc2c(c1O)C(O)=C1C(=O)[C@]3(O)C(O)=C(C(N)=O)C(=O)[C@@H](N(C)C)C3CC1C2)n1cnnc1C. The summed E-state index contributed by atoms with van der Waals surface area (Å²) in [5, 5.41) is 55.6. The van der Waals surface area contributed by atoms with Crippen molar-refractivity contribution in [1.82, 2.24) is 19.7 Å². The van der Waals surface area contributed by atoms with Gasteiger partial charge in [-0.2, -0.15) is 0 Å². The van der Waals surface area contributed by atoms with Gasteiger partial charge in [-0.1, -0.05) is 13.0 Å². The number of anilines is 1. The summed E-state index contributed by atoms with van der Waals surface area (Å²) < 4.78 is 1.59. The van der Waals surface area contributed by atoms with E-state index in [1.54, 1.807) is 24.5 Å². The molecule has 14 heteroatoms. The van der Waals surface area contributed by atoms with Crippen LogP contribution in [0.4, 0.5) is 5.69 Å². The maximum Gasteiger partial charge on any atom is 0.255 e. The highest BCUT2D eigenvalue weighted by atomic mass is 16.3. The minimum absolute atomic E-state index is 0.0124. The maximum absolute atomic E-state index is 13.9. The van der Waals surface area contributed by atoms with E-state index in [1.165, 1.54) is 31.4 Å². The monoisotopic (exact) mass is 580 g/mol. The van der Waals surface area contributed by atoms with E-state index in [4.69, 9.17) is 5.73 Å². The molecular formula is C28H32N6O8. The second-order valence-electron chi connectivity index (χ2n) is 11.2. The van der Waals surface area contributed by atoms with Gasteiger partial charge in [0.15, 0.2) is 11.4 Å². The number of phenols is 1. The first-order chi connectivity index (χ1) is 19.7. The summed E-state index contributed by atoms with van der Waals surface area (Å²) in [5.74, 6) is -7.31. The Labute approximate surface area is 240 Å². The number of aryl methyl sites for hydroxylation is 1. The topological polar surface area (TPSA) is 221 Å². The van der Waals surface area contributed by atoms with Crippen molar-refractivity contribution in [1.29, 1.82) is 0 Å². The van der Waals surface area contributed by atoms with Crippen LogP contribution in [0.25, 0.3) is 5.76 Å². The van der Waals surface area contributed by atoms with Gasteiger partial charge in [0.25, 0.3) is 5.91 Å². The van der Waals surface area contributed by atoms with Crippen LogP contribution in [-0.4, -0.2) is 89.2 Å². The number of hydrogen-bond donors (Lipinski definition) is 6. The van der Waals surface area contributed by atoms with E-state index in [0.29, 0.717) is 17.8 Å². The summed E-state index contributed by atoms with van der Waals surface area (Å²) in [6.07, 6.45) is 1.95.